The predicted molar refractivity (Wildman–Crippen MR) is 120 cm³/mol. The van der Waals surface area contributed by atoms with Gasteiger partial charge in [-0.05, 0) is 41.9 Å². The van der Waals surface area contributed by atoms with Crippen LogP contribution in [0.2, 0.25) is 0 Å². The lowest BCUT2D eigenvalue weighted by Crippen LogP contribution is -2.25. The van der Waals surface area contributed by atoms with Crippen LogP contribution < -0.4 is 10.6 Å². The molecule has 0 spiro atoms. The third kappa shape index (κ3) is 3.57. The molecule has 5 heteroatoms. The summed E-state index contributed by atoms with van der Waals surface area (Å²) >= 11 is 5.43. The Balaban J connectivity index is 1.60. The SMILES string of the molecule is CC(C)c1ccc(NC(=S)Nc2cccc3c2C(=O)c2ccccc2C3=O)cc1. The van der Waals surface area contributed by atoms with Gasteiger partial charge in [-0.15, -0.1) is 0 Å². The highest BCUT2D eigenvalue weighted by Crippen LogP contribution is 2.32. The molecule has 29 heavy (non-hydrogen) atoms. The molecule has 0 fully saturated rings. The summed E-state index contributed by atoms with van der Waals surface area (Å²) in [4.78, 5) is 25.9. The maximum atomic E-state index is 13.1. The van der Waals surface area contributed by atoms with E-state index in [-0.39, 0.29) is 11.6 Å². The topological polar surface area (TPSA) is 58.2 Å². The number of carbonyl (C=O) groups is 2. The molecule has 0 heterocycles. The minimum Gasteiger partial charge on any atom is -0.332 e. The second-order valence-electron chi connectivity index (χ2n) is 7.29. The fourth-order valence-electron chi connectivity index (χ4n) is 3.49. The Kier molecular flexibility index (Phi) is 4.99. The molecule has 2 N–H and O–H groups in total. The van der Waals surface area contributed by atoms with Gasteiger partial charge < -0.3 is 10.6 Å². The van der Waals surface area contributed by atoms with Crippen LogP contribution in [0.5, 0.6) is 0 Å². The fourth-order valence-corrected chi connectivity index (χ4v) is 3.71. The first-order chi connectivity index (χ1) is 14.0. The minimum atomic E-state index is -0.178. The van der Waals surface area contributed by atoms with E-state index in [9.17, 15) is 9.59 Å². The summed E-state index contributed by atoms with van der Waals surface area (Å²) in [5, 5.41) is 6.57. The maximum Gasteiger partial charge on any atom is 0.196 e. The van der Waals surface area contributed by atoms with Gasteiger partial charge in [0.25, 0.3) is 0 Å². The van der Waals surface area contributed by atoms with Gasteiger partial charge >= 0.3 is 0 Å². The summed E-state index contributed by atoms with van der Waals surface area (Å²) in [7, 11) is 0. The Labute approximate surface area is 175 Å². The molecule has 4 nitrogen and oxygen atoms in total. The van der Waals surface area contributed by atoms with Gasteiger partial charge in [0.15, 0.2) is 16.7 Å². The van der Waals surface area contributed by atoms with Crippen molar-refractivity contribution in [2.45, 2.75) is 19.8 Å². The fraction of sp³-hybridized carbons (Fsp3) is 0.125. The summed E-state index contributed by atoms with van der Waals surface area (Å²) in [6.45, 7) is 4.28. The molecule has 0 unspecified atom stereocenters. The molecule has 0 atom stereocenters. The average Bonchev–Trinajstić information content (AvgIpc) is 2.72. The van der Waals surface area contributed by atoms with Crippen molar-refractivity contribution in [3.05, 3.63) is 94.5 Å². The Hall–Kier alpha value is -3.31. The van der Waals surface area contributed by atoms with E-state index in [1.54, 1.807) is 42.5 Å². The minimum absolute atomic E-state index is 0.151. The van der Waals surface area contributed by atoms with Crippen LogP contribution in [0.25, 0.3) is 0 Å². The Bertz CT molecular complexity index is 1130. The molecule has 4 rings (SSSR count). The molecule has 0 radical (unpaired) electrons. The quantitative estimate of drug-likeness (QED) is 0.451. The maximum absolute atomic E-state index is 13.1. The van der Waals surface area contributed by atoms with E-state index in [4.69, 9.17) is 12.2 Å². The Morgan fingerprint density at radius 1 is 0.759 bits per heavy atom. The lowest BCUT2D eigenvalue weighted by Gasteiger charge is -2.21. The summed E-state index contributed by atoms with van der Waals surface area (Å²) in [5.41, 5.74) is 4.22. The molecule has 0 aromatic heterocycles. The third-order valence-electron chi connectivity index (χ3n) is 5.04. The molecular weight excluding hydrogens is 380 g/mol. The van der Waals surface area contributed by atoms with Crippen molar-refractivity contribution in [2.75, 3.05) is 10.6 Å². The van der Waals surface area contributed by atoms with Crippen molar-refractivity contribution in [2.24, 2.45) is 0 Å². The number of ketones is 2. The highest BCUT2D eigenvalue weighted by atomic mass is 32.1. The number of benzene rings is 3. The molecule has 0 bridgehead atoms. The number of anilines is 2. The second-order valence-corrected chi connectivity index (χ2v) is 7.70. The first kappa shape index (κ1) is 19.0. The van der Waals surface area contributed by atoms with Crippen LogP contribution in [-0.4, -0.2) is 16.7 Å². The molecule has 3 aromatic carbocycles. The van der Waals surface area contributed by atoms with Gasteiger partial charge in [0.05, 0.1) is 11.3 Å². The number of hydrogen-bond acceptors (Lipinski definition) is 3. The number of fused-ring (bicyclic) bond motifs is 2. The zero-order chi connectivity index (χ0) is 20.5. The smallest absolute Gasteiger partial charge is 0.196 e. The number of thiocarbonyl (C=S) groups is 1. The molecule has 0 saturated carbocycles. The predicted octanol–water partition coefficient (Wildman–Crippen LogP) is 5.39. The summed E-state index contributed by atoms with van der Waals surface area (Å²) in [6.07, 6.45) is 0. The molecule has 0 saturated heterocycles. The van der Waals surface area contributed by atoms with Crippen molar-refractivity contribution >= 4 is 40.3 Å². The van der Waals surface area contributed by atoms with Crippen molar-refractivity contribution in [1.82, 2.24) is 0 Å². The van der Waals surface area contributed by atoms with E-state index in [1.807, 2.05) is 12.1 Å². The molecule has 1 aliphatic carbocycles. The third-order valence-corrected chi connectivity index (χ3v) is 5.24. The molecule has 0 aliphatic heterocycles. The van der Waals surface area contributed by atoms with Crippen LogP contribution in [0, 0.1) is 0 Å². The first-order valence-corrected chi connectivity index (χ1v) is 9.86. The molecule has 1 aliphatic rings. The van der Waals surface area contributed by atoms with Crippen molar-refractivity contribution in [3.63, 3.8) is 0 Å². The number of rotatable bonds is 3. The highest BCUT2D eigenvalue weighted by molar-refractivity contribution is 7.80. The summed E-state index contributed by atoms with van der Waals surface area (Å²) < 4.78 is 0. The van der Waals surface area contributed by atoms with E-state index in [2.05, 4.69) is 36.6 Å². The van der Waals surface area contributed by atoms with Crippen LogP contribution in [0.4, 0.5) is 11.4 Å². The number of carbonyl (C=O) groups excluding carboxylic acids is 2. The lowest BCUT2D eigenvalue weighted by atomic mass is 9.83. The van der Waals surface area contributed by atoms with E-state index in [0.29, 0.717) is 39.0 Å². The Morgan fingerprint density at radius 3 is 2.03 bits per heavy atom. The van der Waals surface area contributed by atoms with Crippen molar-refractivity contribution in [3.8, 4) is 0 Å². The van der Waals surface area contributed by atoms with E-state index in [1.165, 1.54) is 5.56 Å². The zero-order valence-corrected chi connectivity index (χ0v) is 17.0. The van der Waals surface area contributed by atoms with Gasteiger partial charge in [0, 0.05) is 22.4 Å². The zero-order valence-electron chi connectivity index (χ0n) is 16.2. The van der Waals surface area contributed by atoms with E-state index < -0.39 is 0 Å². The molecular formula is C24H20N2O2S. The van der Waals surface area contributed by atoms with Crippen LogP contribution in [0.15, 0.2) is 66.7 Å². The number of hydrogen-bond donors (Lipinski definition) is 2. The van der Waals surface area contributed by atoms with E-state index in [0.717, 1.165) is 5.69 Å². The molecule has 0 amide bonds. The van der Waals surface area contributed by atoms with Crippen LogP contribution >= 0.6 is 12.2 Å². The van der Waals surface area contributed by atoms with Gasteiger partial charge in [-0.3, -0.25) is 9.59 Å². The second kappa shape index (κ2) is 7.60. The largest absolute Gasteiger partial charge is 0.332 e. The summed E-state index contributed by atoms with van der Waals surface area (Å²) in [5.74, 6) is 0.126. The molecule has 3 aromatic rings. The summed E-state index contributed by atoms with van der Waals surface area (Å²) in [6, 6.07) is 20.1. The van der Waals surface area contributed by atoms with Crippen molar-refractivity contribution < 1.29 is 9.59 Å². The van der Waals surface area contributed by atoms with E-state index >= 15 is 0 Å². The highest BCUT2D eigenvalue weighted by Gasteiger charge is 2.31. The van der Waals surface area contributed by atoms with Gasteiger partial charge in [0.1, 0.15) is 0 Å². The Morgan fingerprint density at radius 2 is 1.38 bits per heavy atom. The number of nitrogens with one attached hydrogen (secondary N) is 2. The standard InChI is InChI=1S/C24H20N2O2S/c1-14(2)15-10-12-16(13-11-15)25-24(29)26-20-9-5-8-19-21(20)23(28)18-7-4-3-6-17(18)22(19)27/h3-14H,1-2H3,(H2,25,26,29). The van der Waals surface area contributed by atoms with Crippen LogP contribution in [-0.2, 0) is 0 Å². The van der Waals surface area contributed by atoms with Crippen LogP contribution in [0.1, 0.15) is 57.2 Å². The van der Waals surface area contributed by atoms with Gasteiger partial charge in [-0.1, -0.05) is 62.4 Å². The molecule has 144 valence electrons. The first-order valence-electron chi connectivity index (χ1n) is 9.45. The van der Waals surface area contributed by atoms with Crippen LogP contribution in [0.3, 0.4) is 0 Å². The van der Waals surface area contributed by atoms with Gasteiger partial charge in [-0.25, -0.2) is 0 Å². The average molecular weight is 401 g/mol. The normalized spacial score (nSPS) is 12.4. The lowest BCUT2D eigenvalue weighted by molar-refractivity contribution is 0.0979. The monoisotopic (exact) mass is 400 g/mol. The van der Waals surface area contributed by atoms with Crippen molar-refractivity contribution in [1.29, 1.82) is 0 Å². The van der Waals surface area contributed by atoms with Gasteiger partial charge in [0.2, 0.25) is 0 Å². The van der Waals surface area contributed by atoms with Gasteiger partial charge in [-0.2, -0.15) is 0 Å².